The van der Waals surface area contributed by atoms with E-state index in [0.717, 1.165) is 21.9 Å². The molecule has 0 aliphatic rings. The number of hydrogen-bond acceptors (Lipinski definition) is 7. The lowest BCUT2D eigenvalue weighted by molar-refractivity contribution is 0.0381. The summed E-state index contributed by atoms with van der Waals surface area (Å²) in [5, 5.41) is 20.0. The molecule has 2 heterocycles. The highest BCUT2D eigenvalue weighted by Crippen LogP contribution is 2.38. The van der Waals surface area contributed by atoms with Gasteiger partial charge in [0.2, 0.25) is 11.8 Å². The third-order valence-corrected chi connectivity index (χ3v) is 5.87. The summed E-state index contributed by atoms with van der Waals surface area (Å²) >= 11 is 0. The molecule has 3 aromatic rings. The Bertz CT molecular complexity index is 893. The van der Waals surface area contributed by atoms with E-state index in [0.29, 0.717) is 10.3 Å². The maximum atomic E-state index is 12.3. The zero-order valence-corrected chi connectivity index (χ0v) is 15.5. The molecule has 0 spiro atoms. The normalized spacial score (nSPS) is 10.7. The van der Waals surface area contributed by atoms with Crippen molar-refractivity contribution in [1.29, 1.82) is 0 Å². The smallest absolute Gasteiger partial charge is 0.363 e. The summed E-state index contributed by atoms with van der Waals surface area (Å²) in [6.45, 7) is 2.04. The first kappa shape index (κ1) is 18.2. The lowest BCUT2D eigenvalue weighted by Crippen LogP contribution is -2.19. The Morgan fingerprint density at radius 1 is 1.12 bits per heavy atom. The molecular weight excluding hydrogens is 372 g/mol. The van der Waals surface area contributed by atoms with Gasteiger partial charge >= 0.3 is 5.97 Å². The van der Waals surface area contributed by atoms with Crippen molar-refractivity contribution in [3.63, 3.8) is 0 Å². The highest BCUT2D eigenvalue weighted by molar-refractivity contribution is 8.76. The molecule has 0 saturated carbocycles. The molecule has 0 unspecified atom stereocenters. The van der Waals surface area contributed by atoms with Gasteiger partial charge in [-0.3, -0.25) is 0 Å². The van der Waals surface area contributed by atoms with E-state index in [4.69, 9.17) is 4.84 Å². The third kappa shape index (κ3) is 4.14. The summed E-state index contributed by atoms with van der Waals surface area (Å²) in [7, 11) is 3.01. The van der Waals surface area contributed by atoms with Crippen molar-refractivity contribution in [3.05, 3.63) is 65.9 Å². The predicted octanol–water partition coefficient (Wildman–Crippen LogP) is 3.93. The van der Waals surface area contributed by atoms with E-state index in [9.17, 15) is 15.0 Å². The van der Waals surface area contributed by atoms with Crippen molar-refractivity contribution in [2.45, 2.75) is 23.3 Å². The fourth-order valence-corrected chi connectivity index (χ4v) is 4.36. The van der Waals surface area contributed by atoms with Gasteiger partial charge in [-0.05, 0) is 47.0 Å². The first-order chi connectivity index (χ1) is 12.6. The van der Waals surface area contributed by atoms with Gasteiger partial charge in [-0.2, -0.15) is 0 Å². The average molecular weight is 388 g/mol. The SMILES string of the molecule is CCc1ccc(C(=O)On2c(O)ccc2O)cc1SSc1ccccn1. The van der Waals surface area contributed by atoms with Gasteiger partial charge in [-0.25, -0.2) is 9.78 Å². The number of aromatic hydroxyl groups is 2. The monoisotopic (exact) mass is 388 g/mol. The van der Waals surface area contributed by atoms with Crippen LogP contribution in [0.4, 0.5) is 0 Å². The van der Waals surface area contributed by atoms with Crippen LogP contribution in [-0.2, 0) is 6.42 Å². The van der Waals surface area contributed by atoms with E-state index >= 15 is 0 Å². The predicted molar refractivity (Wildman–Crippen MR) is 100 cm³/mol. The molecule has 26 heavy (non-hydrogen) atoms. The zero-order chi connectivity index (χ0) is 18.5. The first-order valence-electron chi connectivity index (χ1n) is 7.79. The number of aryl methyl sites for hydroxylation is 1. The Morgan fingerprint density at radius 3 is 2.54 bits per heavy atom. The highest BCUT2D eigenvalue weighted by Gasteiger charge is 2.16. The number of carbonyl (C=O) groups excluding carboxylic acids is 1. The maximum absolute atomic E-state index is 12.3. The van der Waals surface area contributed by atoms with Gasteiger partial charge in [0.1, 0.15) is 5.03 Å². The van der Waals surface area contributed by atoms with Crippen molar-refractivity contribution in [1.82, 2.24) is 9.71 Å². The molecule has 0 aliphatic heterocycles. The molecule has 0 fully saturated rings. The van der Waals surface area contributed by atoms with Gasteiger partial charge in [-0.1, -0.05) is 29.9 Å². The largest absolute Gasteiger partial charge is 0.492 e. The standard InChI is InChI=1S/C18H16N2O4S2/c1-2-12-6-7-13(18(23)24-20-16(21)8-9-17(20)22)11-14(12)25-26-15-5-3-4-10-19-15/h3-11,21-22H,2H2,1H3. The van der Waals surface area contributed by atoms with Crippen LogP contribution >= 0.6 is 21.6 Å². The van der Waals surface area contributed by atoms with Crippen LogP contribution in [0.1, 0.15) is 22.8 Å². The van der Waals surface area contributed by atoms with Crippen LogP contribution < -0.4 is 4.84 Å². The van der Waals surface area contributed by atoms with Crippen LogP contribution in [0.25, 0.3) is 0 Å². The Labute approximate surface area is 158 Å². The first-order valence-corrected chi connectivity index (χ1v) is 9.94. The minimum absolute atomic E-state index is 0.318. The molecule has 0 aliphatic carbocycles. The molecule has 6 nitrogen and oxygen atoms in total. The van der Waals surface area contributed by atoms with Crippen LogP contribution in [0.3, 0.4) is 0 Å². The van der Waals surface area contributed by atoms with Crippen LogP contribution in [0.15, 0.2) is 64.6 Å². The van der Waals surface area contributed by atoms with Crippen LogP contribution in [-0.4, -0.2) is 25.9 Å². The number of aromatic nitrogens is 2. The third-order valence-electron chi connectivity index (χ3n) is 3.51. The summed E-state index contributed by atoms with van der Waals surface area (Å²) in [5.74, 6) is -1.40. The van der Waals surface area contributed by atoms with Gasteiger partial charge in [0.15, 0.2) is 0 Å². The lowest BCUT2D eigenvalue weighted by atomic mass is 10.1. The Morgan fingerprint density at radius 2 is 1.88 bits per heavy atom. The fraction of sp³-hybridized carbons (Fsp3) is 0.111. The minimum atomic E-state index is -0.681. The molecule has 8 heteroatoms. The van der Waals surface area contributed by atoms with Crippen LogP contribution in [0, 0.1) is 0 Å². The molecular formula is C18H16N2O4S2. The minimum Gasteiger partial charge on any atom is -0.492 e. The molecule has 0 saturated heterocycles. The average Bonchev–Trinajstić information content (AvgIpc) is 2.99. The summed E-state index contributed by atoms with van der Waals surface area (Å²) in [6.07, 6.45) is 2.55. The molecule has 2 aromatic heterocycles. The van der Waals surface area contributed by atoms with Crippen molar-refractivity contribution in [3.8, 4) is 11.8 Å². The second-order valence-corrected chi connectivity index (χ2v) is 7.42. The topological polar surface area (TPSA) is 84.6 Å². The van der Waals surface area contributed by atoms with Gasteiger partial charge < -0.3 is 15.1 Å². The molecule has 1 aromatic carbocycles. The number of benzene rings is 1. The number of pyridine rings is 1. The Balaban J connectivity index is 1.79. The fourth-order valence-electron chi connectivity index (χ4n) is 2.17. The zero-order valence-electron chi connectivity index (χ0n) is 13.8. The van der Waals surface area contributed by atoms with Gasteiger partial charge in [0.05, 0.1) is 5.56 Å². The van der Waals surface area contributed by atoms with E-state index in [1.54, 1.807) is 18.3 Å². The van der Waals surface area contributed by atoms with E-state index in [1.807, 2.05) is 31.2 Å². The van der Waals surface area contributed by atoms with Gasteiger partial charge in [0.25, 0.3) is 0 Å². The summed E-state index contributed by atoms with van der Waals surface area (Å²) in [4.78, 5) is 22.6. The second-order valence-electron chi connectivity index (χ2n) is 5.23. The number of nitrogens with zero attached hydrogens (tertiary/aromatic N) is 2. The van der Waals surface area contributed by atoms with E-state index in [1.165, 1.54) is 33.7 Å². The lowest BCUT2D eigenvalue weighted by Gasteiger charge is -2.10. The van der Waals surface area contributed by atoms with Crippen molar-refractivity contribution in [2.24, 2.45) is 0 Å². The maximum Gasteiger partial charge on any atom is 0.363 e. The van der Waals surface area contributed by atoms with Gasteiger partial charge in [0, 0.05) is 23.2 Å². The van der Waals surface area contributed by atoms with Crippen LogP contribution in [0.2, 0.25) is 0 Å². The summed E-state index contributed by atoms with van der Waals surface area (Å²) in [5.41, 5.74) is 1.42. The molecule has 0 amide bonds. The number of carbonyl (C=O) groups is 1. The molecule has 0 atom stereocenters. The Hall–Kier alpha value is -2.58. The summed E-state index contributed by atoms with van der Waals surface area (Å²) in [6, 6.07) is 13.4. The van der Waals surface area contributed by atoms with Crippen molar-refractivity contribution in [2.75, 3.05) is 0 Å². The van der Waals surface area contributed by atoms with E-state index in [-0.39, 0.29) is 11.8 Å². The van der Waals surface area contributed by atoms with Gasteiger partial charge in [-0.15, -0.1) is 4.73 Å². The van der Waals surface area contributed by atoms with E-state index < -0.39 is 5.97 Å². The van der Waals surface area contributed by atoms with Crippen molar-refractivity contribution < 1.29 is 19.8 Å². The molecule has 3 rings (SSSR count). The summed E-state index contributed by atoms with van der Waals surface area (Å²) < 4.78 is 0.672. The molecule has 2 N–H and O–H groups in total. The highest BCUT2D eigenvalue weighted by atomic mass is 33.1. The number of rotatable bonds is 6. The van der Waals surface area contributed by atoms with Crippen molar-refractivity contribution >= 4 is 27.6 Å². The molecule has 0 radical (unpaired) electrons. The van der Waals surface area contributed by atoms with Crippen LogP contribution in [0.5, 0.6) is 11.8 Å². The second kappa shape index (κ2) is 8.20. The molecule has 134 valence electrons. The Kier molecular flexibility index (Phi) is 5.75. The number of hydrogen-bond donors (Lipinski definition) is 2. The van der Waals surface area contributed by atoms with E-state index in [2.05, 4.69) is 4.98 Å². The quantitative estimate of drug-likeness (QED) is 0.619. The molecule has 0 bridgehead atoms.